The Morgan fingerprint density at radius 2 is 2.00 bits per heavy atom. The van der Waals surface area contributed by atoms with E-state index >= 15 is 0 Å². The molecule has 104 valence electrons. The molecule has 0 aromatic carbocycles. The third-order valence-corrected chi connectivity index (χ3v) is 2.42. The van der Waals surface area contributed by atoms with Gasteiger partial charge in [0.1, 0.15) is 5.49 Å². The Morgan fingerprint density at radius 3 is 2.50 bits per heavy atom. The van der Waals surface area contributed by atoms with Crippen LogP contribution in [0, 0.1) is 6.92 Å². The van der Waals surface area contributed by atoms with Gasteiger partial charge in [-0.25, -0.2) is 18.2 Å². The van der Waals surface area contributed by atoms with Crippen LogP contribution >= 0.6 is 0 Å². The van der Waals surface area contributed by atoms with Gasteiger partial charge in [-0.15, -0.1) is 0 Å². The van der Waals surface area contributed by atoms with Crippen molar-refractivity contribution in [2.45, 2.75) is 40.0 Å². The summed E-state index contributed by atoms with van der Waals surface area (Å²) in [5.74, 6) is -0.350. The Labute approximate surface area is 109 Å². The average Bonchev–Trinajstić information content (AvgIpc) is 2.29. The lowest BCUT2D eigenvalue weighted by Crippen LogP contribution is -2.30. The maximum absolute atomic E-state index is 11.0. The molecular formula is C11H22N4O2S. The molecule has 1 aromatic heterocycles. The van der Waals surface area contributed by atoms with Crippen LogP contribution in [0.5, 0.6) is 0 Å². The lowest BCUT2D eigenvalue weighted by Gasteiger charge is -2.05. The molecule has 0 fully saturated rings. The first-order valence-electron chi connectivity index (χ1n) is 5.98. The van der Waals surface area contributed by atoms with Gasteiger partial charge in [-0.05, 0) is 25.5 Å². The molecule has 0 saturated heterocycles. The standard InChI is InChI=1S/C9H16N4O2S.C2H6/c1-3-6-11-9-5-4-8(2)12-13(9)7-16(10,14)15;1-2/h4-5H,3,6-7H2,1-2H3,(H2,10,14,15);1-2H3. The molecule has 0 unspecified atom stereocenters. The molecule has 0 spiro atoms. The number of aromatic nitrogens is 2. The zero-order valence-electron chi connectivity index (χ0n) is 11.4. The fourth-order valence-electron chi connectivity index (χ4n) is 1.18. The Hall–Kier alpha value is -1.21. The van der Waals surface area contributed by atoms with Gasteiger partial charge in [0.05, 0.1) is 5.69 Å². The summed E-state index contributed by atoms with van der Waals surface area (Å²) in [5, 5.41) is 9.06. The van der Waals surface area contributed by atoms with E-state index in [0.29, 0.717) is 12.0 Å². The van der Waals surface area contributed by atoms with Crippen LogP contribution in [-0.2, 0) is 15.9 Å². The number of nitrogens with two attached hydrogens (primary N) is 1. The second-order valence-corrected chi connectivity index (χ2v) is 5.09. The van der Waals surface area contributed by atoms with Gasteiger partial charge in [-0.2, -0.15) is 5.10 Å². The van der Waals surface area contributed by atoms with Crippen molar-refractivity contribution in [2.24, 2.45) is 10.1 Å². The number of aryl methyl sites for hydroxylation is 1. The minimum absolute atomic E-state index is 0.350. The number of hydrogen-bond donors (Lipinski definition) is 1. The highest BCUT2D eigenvalue weighted by molar-refractivity contribution is 7.88. The number of rotatable bonds is 4. The monoisotopic (exact) mass is 274 g/mol. The summed E-state index contributed by atoms with van der Waals surface area (Å²) in [6.07, 6.45) is 0.892. The molecule has 1 heterocycles. The van der Waals surface area contributed by atoms with Gasteiger partial charge >= 0.3 is 0 Å². The van der Waals surface area contributed by atoms with E-state index < -0.39 is 10.0 Å². The lowest BCUT2D eigenvalue weighted by molar-refractivity contribution is 0.563. The molecule has 2 N–H and O–H groups in total. The van der Waals surface area contributed by atoms with Gasteiger partial charge in [0.25, 0.3) is 0 Å². The first kappa shape index (κ1) is 16.8. The van der Waals surface area contributed by atoms with Gasteiger partial charge in [0.15, 0.2) is 5.88 Å². The molecule has 18 heavy (non-hydrogen) atoms. The fourth-order valence-corrected chi connectivity index (χ4v) is 1.71. The summed E-state index contributed by atoms with van der Waals surface area (Å²) in [5.41, 5.74) is 1.25. The smallest absolute Gasteiger partial charge is 0.229 e. The highest BCUT2D eigenvalue weighted by Gasteiger charge is 2.05. The van der Waals surface area contributed by atoms with E-state index in [1.807, 2.05) is 20.8 Å². The summed E-state index contributed by atoms with van der Waals surface area (Å²) in [6, 6.07) is 3.53. The normalized spacial score (nSPS) is 11.9. The first-order valence-corrected chi connectivity index (χ1v) is 7.69. The molecule has 0 aliphatic rings. The van der Waals surface area contributed by atoms with Crippen molar-refractivity contribution < 1.29 is 8.42 Å². The number of sulfonamides is 1. The zero-order chi connectivity index (χ0) is 14.2. The second kappa shape index (κ2) is 7.99. The number of primary sulfonamides is 1. The summed E-state index contributed by atoms with van der Waals surface area (Å²) >= 11 is 0. The number of hydrogen-bond acceptors (Lipinski definition) is 4. The summed E-state index contributed by atoms with van der Waals surface area (Å²) in [4.78, 5) is 4.23. The molecule has 0 radical (unpaired) electrons. The van der Waals surface area contributed by atoms with Crippen molar-refractivity contribution in [2.75, 3.05) is 6.54 Å². The topological polar surface area (TPSA) is 90.3 Å². The lowest BCUT2D eigenvalue weighted by atomic mass is 10.4. The minimum atomic E-state index is -3.60. The van der Waals surface area contributed by atoms with Crippen molar-refractivity contribution in [3.05, 3.63) is 23.3 Å². The third-order valence-electron chi connectivity index (χ3n) is 1.82. The van der Waals surface area contributed by atoms with Crippen molar-refractivity contribution in [1.82, 2.24) is 9.78 Å². The molecule has 0 bridgehead atoms. The maximum atomic E-state index is 11.0. The molecule has 0 saturated carbocycles. The predicted octanol–water partition coefficient (Wildman–Crippen LogP) is 0.774. The summed E-state index contributed by atoms with van der Waals surface area (Å²) < 4.78 is 23.3. The molecule has 0 aliphatic carbocycles. The van der Waals surface area contributed by atoms with Crippen LogP contribution in [0.1, 0.15) is 32.9 Å². The van der Waals surface area contributed by atoms with E-state index in [9.17, 15) is 8.42 Å². The van der Waals surface area contributed by atoms with Gasteiger partial charge in [0.2, 0.25) is 10.0 Å². The largest absolute Gasteiger partial charge is 0.267 e. The van der Waals surface area contributed by atoms with Gasteiger partial charge < -0.3 is 0 Å². The Bertz CT molecular complexity index is 520. The van der Waals surface area contributed by atoms with Crippen LogP contribution in [0.4, 0.5) is 0 Å². The van der Waals surface area contributed by atoms with Crippen molar-refractivity contribution >= 4 is 10.0 Å². The summed E-state index contributed by atoms with van der Waals surface area (Å²) in [6.45, 7) is 8.41. The molecule has 1 aromatic rings. The third kappa shape index (κ3) is 6.51. The molecule has 0 atom stereocenters. The van der Waals surface area contributed by atoms with Crippen molar-refractivity contribution in [3.8, 4) is 0 Å². The SMILES string of the molecule is CC.CCCN=c1ccc(C)nn1CS(N)(=O)=O. The molecule has 0 aliphatic heterocycles. The fraction of sp³-hybridized carbons (Fsp3) is 0.636. The minimum Gasteiger partial charge on any atom is -0.267 e. The average molecular weight is 274 g/mol. The molecule has 7 heteroatoms. The van der Waals surface area contributed by atoms with Crippen molar-refractivity contribution in [1.29, 1.82) is 0 Å². The maximum Gasteiger partial charge on any atom is 0.229 e. The van der Waals surface area contributed by atoms with Crippen LogP contribution in [0.3, 0.4) is 0 Å². The Balaban J connectivity index is 0.00000137. The van der Waals surface area contributed by atoms with Crippen LogP contribution in [0.25, 0.3) is 0 Å². The van der Waals surface area contributed by atoms with E-state index in [4.69, 9.17) is 5.14 Å². The molecule has 0 amide bonds. The quantitative estimate of drug-likeness (QED) is 0.879. The Morgan fingerprint density at radius 1 is 1.39 bits per heavy atom. The Kier molecular flexibility index (Phi) is 7.45. The highest BCUT2D eigenvalue weighted by atomic mass is 32.2. The van der Waals surface area contributed by atoms with Crippen LogP contribution < -0.4 is 10.6 Å². The van der Waals surface area contributed by atoms with Gasteiger partial charge in [0, 0.05) is 6.54 Å². The first-order chi connectivity index (χ1) is 8.42. The van der Waals surface area contributed by atoms with Crippen LogP contribution in [0.2, 0.25) is 0 Å². The molecular weight excluding hydrogens is 252 g/mol. The van der Waals surface area contributed by atoms with Crippen LogP contribution in [-0.4, -0.2) is 24.7 Å². The van der Waals surface area contributed by atoms with Gasteiger partial charge in [-0.3, -0.25) is 4.99 Å². The van der Waals surface area contributed by atoms with E-state index in [1.54, 1.807) is 19.1 Å². The second-order valence-electron chi connectivity index (χ2n) is 3.51. The van der Waals surface area contributed by atoms with Gasteiger partial charge in [-0.1, -0.05) is 20.8 Å². The molecule has 6 nitrogen and oxygen atoms in total. The number of nitrogens with zero attached hydrogens (tertiary/aromatic N) is 3. The van der Waals surface area contributed by atoms with E-state index in [0.717, 1.165) is 12.1 Å². The van der Waals surface area contributed by atoms with E-state index in [-0.39, 0.29) is 5.88 Å². The van der Waals surface area contributed by atoms with Crippen LogP contribution in [0.15, 0.2) is 17.1 Å². The predicted molar refractivity (Wildman–Crippen MR) is 72.1 cm³/mol. The van der Waals surface area contributed by atoms with E-state index in [1.165, 1.54) is 4.68 Å². The summed E-state index contributed by atoms with van der Waals surface area (Å²) in [7, 11) is -3.60. The highest BCUT2D eigenvalue weighted by Crippen LogP contribution is 1.89. The molecule has 1 rings (SSSR count). The van der Waals surface area contributed by atoms with E-state index in [2.05, 4.69) is 10.1 Å². The zero-order valence-corrected chi connectivity index (χ0v) is 12.2. The van der Waals surface area contributed by atoms with Crippen molar-refractivity contribution in [3.63, 3.8) is 0 Å².